The van der Waals surface area contributed by atoms with E-state index >= 15 is 0 Å². The molecule has 3 rings (SSSR count). The van der Waals surface area contributed by atoms with E-state index in [-0.39, 0.29) is 12.1 Å². The van der Waals surface area contributed by atoms with Crippen molar-refractivity contribution in [3.63, 3.8) is 0 Å². The predicted octanol–water partition coefficient (Wildman–Crippen LogP) is 3.53. The summed E-state index contributed by atoms with van der Waals surface area (Å²) < 4.78 is 19.3. The van der Waals surface area contributed by atoms with Crippen LogP contribution >= 0.6 is 22.6 Å². The van der Waals surface area contributed by atoms with Crippen LogP contribution in [0.2, 0.25) is 0 Å². The number of carbonyl (C=O) groups excluding carboxylic acids is 3. The van der Waals surface area contributed by atoms with Crippen LogP contribution in [-0.2, 0) is 4.79 Å². The predicted molar refractivity (Wildman–Crippen MR) is 125 cm³/mol. The van der Waals surface area contributed by atoms with E-state index in [2.05, 4.69) is 38.4 Å². The standard InChI is InChI=1S/C23H17FIN3O4/c24-17-5-3-4-16(12-17)22(30)26-14-21(29)28-27-13-15-8-10-18(11-9-15)32-23(31)19-6-1-2-7-20(19)25/h1-13H,14H2,(H,26,30)(H,28,29)/b27-13+. The van der Waals surface area contributed by atoms with E-state index in [1.54, 1.807) is 36.4 Å². The van der Waals surface area contributed by atoms with Crippen molar-refractivity contribution in [3.8, 4) is 5.75 Å². The van der Waals surface area contributed by atoms with Crippen molar-refractivity contribution >= 4 is 46.6 Å². The first-order valence-electron chi connectivity index (χ1n) is 9.35. The molecule has 0 radical (unpaired) electrons. The molecule has 0 bridgehead atoms. The van der Waals surface area contributed by atoms with Crippen molar-refractivity contribution in [1.29, 1.82) is 0 Å². The van der Waals surface area contributed by atoms with Gasteiger partial charge >= 0.3 is 5.97 Å². The van der Waals surface area contributed by atoms with Gasteiger partial charge in [0.05, 0.1) is 18.3 Å². The second-order valence-corrected chi connectivity index (χ2v) is 7.59. The number of nitrogens with one attached hydrogen (secondary N) is 2. The van der Waals surface area contributed by atoms with E-state index in [4.69, 9.17) is 4.74 Å². The molecule has 3 aromatic carbocycles. The van der Waals surface area contributed by atoms with Gasteiger partial charge in [0.1, 0.15) is 11.6 Å². The third kappa shape index (κ3) is 6.71. The maximum Gasteiger partial charge on any atom is 0.344 e. The highest BCUT2D eigenvalue weighted by Crippen LogP contribution is 2.17. The normalized spacial score (nSPS) is 10.6. The topological polar surface area (TPSA) is 96.9 Å². The summed E-state index contributed by atoms with van der Waals surface area (Å²) in [6.45, 7) is -0.320. The minimum absolute atomic E-state index is 0.115. The molecule has 0 aromatic heterocycles. The molecule has 7 nitrogen and oxygen atoms in total. The van der Waals surface area contributed by atoms with Gasteiger partial charge in [-0.15, -0.1) is 0 Å². The largest absolute Gasteiger partial charge is 0.423 e. The van der Waals surface area contributed by atoms with Crippen LogP contribution in [-0.4, -0.2) is 30.5 Å². The monoisotopic (exact) mass is 545 g/mol. The maximum absolute atomic E-state index is 13.1. The number of hydrogen-bond acceptors (Lipinski definition) is 5. The number of halogens is 2. The average Bonchev–Trinajstić information content (AvgIpc) is 2.79. The lowest BCUT2D eigenvalue weighted by Gasteiger charge is -2.06. The van der Waals surface area contributed by atoms with Crippen LogP contribution in [0, 0.1) is 9.39 Å². The lowest BCUT2D eigenvalue weighted by atomic mass is 10.2. The summed E-state index contributed by atoms with van der Waals surface area (Å²) in [6.07, 6.45) is 1.40. The van der Waals surface area contributed by atoms with E-state index < -0.39 is 23.6 Å². The highest BCUT2D eigenvalue weighted by atomic mass is 127. The Morgan fingerprint density at radius 2 is 1.75 bits per heavy atom. The quantitative estimate of drug-likeness (QED) is 0.156. The molecule has 9 heteroatoms. The van der Waals surface area contributed by atoms with Crippen molar-refractivity contribution in [2.45, 2.75) is 0 Å². The molecule has 0 fully saturated rings. The molecule has 0 saturated heterocycles. The average molecular weight is 545 g/mol. The third-order valence-corrected chi connectivity index (χ3v) is 5.02. The Balaban J connectivity index is 1.46. The molecule has 0 saturated carbocycles. The lowest BCUT2D eigenvalue weighted by molar-refractivity contribution is -0.120. The summed E-state index contributed by atoms with van der Waals surface area (Å²) >= 11 is 2.07. The Hall–Kier alpha value is -3.60. The van der Waals surface area contributed by atoms with Crippen LogP contribution in [0.25, 0.3) is 0 Å². The molecule has 0 spiro atoms. The first-order chi connectivity index (χ1) is 15.4. The van der Waals surface area contributed by atoms with Crippen LogP contribution in [0.3, 0.4) is 0 Å². The van der Waals surface area contributed by atoms with Crippen LogP contribution in [0.1, 0.15) is 26.3 Å². The summed E-state index contributed by atoms with van der Waals surface area (Å²) in [4.78, 5) is 35.9. The third-order valence-electron chi connectivity index (χ3n) is 4.08. The van der Waals surface area contributed by atoms with Crippen LogP contribution < -0.4 is 15.5 Å². The van der Waals surface area contributed by atoms with Crippen molar-refractivity contribution in [3.05, 3.63) is 98.9 Å². The van der Waals surface area contributed by atoms with Crippen molar-refractivity contribution in [1.82, 2.24) is 10.7 Å². The summed E-state index contributed by atoms with van der Waals surface area (Å²) in [5.41, 5.74) is 3.53. The number of rotatable bonds is 7. The molecule has 162 valence electrons. The fourth-order valence-electron chi connectivity index (χ4n) is 2.52. The van der Waals surface area contributed by atoms with E-state index in [9.17, 15) is 18.8 Å². The summed E-state index contributed by atoms with van der Waals surface area (Å²) in [5, 5.41) is 6.19. The Morgan fingerprint density at radius 3 is 2.47 bits per heavy atom. The Morgan fingerprint density at radius 1 is 1.00 bits per heavy atom. The van der Waals surface area contributed by atoms with Crippen molar-refractivity contribution in [2.24, 2.45) is 5.10 Å². The van der Waals surface area contributed by atoms with E-state index in [1.807, 2.05) is 12.1 Å². The highest BCUT2D eigenvalue weighted by Gasteiger charge is 2.11. The molecular weight excluding hydrogens is 528 g/mol. The van der Waals surface area contributed by atoms with Gasteiger partial charge in [-0.2, -0.15) is 5.10 Å². The van der Waals surface area contributed by atoms with Gasteiger partial charge in [0, 0.05) is 9.13 Å². The van der Waals surface area contributed by atoms with Crippen LogP contribution in [0.4, 0.5) is 4.39 Å². The molecule has 0 atom stereocenters. The van der Waals surface area contributed by atoms with Gasteiger partial charge in [0.15, 0.2) is 0 Å². The molecule has 0 aliphatic rings. The second-order valence-electron chi connectivity index (χ2n) is 6.42. The molecule has 32 heavy (non-hydrogen) atoms. The fraction of sp³-hybridized carbons (Fsp3) is 0.0435. The van der Waals surface area contributed by atoms with Crippen molar-refractivity contribution < 1.29 is 23.5 Å². The SMILES string of the molecule is O=C(CNC(=O)c1cccc(F)c1)N/N=C/c1ccc(OC(=O)c2ccccc2I)cc1. The lowest BCUT2D eigenvalue weighted by Crippen LogP contribution is -2.34. The van der Waals surface area contributed by atoms with Gasteiger partial charge < -0.3 is 10.1 Å². The summed E-state index contributed by atoms with van der Waals surface area (Å²) in [6, 6.07) is 18.8. The summed E-state index contributed by atoms with van der Waals surface area (Å²) in [5.74, 6) is -1.74. The zero-order chi connectivity index (χ0) is 22.9. The minimum Gasteiger partial charge on any atom is -0.423 e. The van der Waals surface area contributed by atoms with Gasteiger partial charge in [0.25, 0.3) is 11.8 Å². The van der Waals surface area contributed by atoms with Gasteiger partial charge in [-0.1, -0.05) is 18.2 Å². The van der Waals surface area contributed by atoms with Gasteiger partial charge in [-0.25, -0.2) is 14.6 Å². The number of carbonyl (C=O) groups is 3. The number of hydrazone groups is 1. The smallest absolute Gasteiger partial charge is 0.344 e. The minimum atomic E-state index is -0.570. The molecule has 3 aromatic rings. The number of ether oxygens (including phenoxy) is 1. The molecular formula is C23H17FIN3O4. The zero-order valence-corrected chi connectivity index (χ0v) is 18.7. The van der Waals surface area contributed by atoms with Crippen molar-refractivity contribution in [2.75, 3.05) is 6.54 Å². The van der Waals surface area contributed by atoms with Gasteiger partial charge in [-0.3, -0.25) is 9.59 Å². The molecule has 0 unspecified atom stereocenters. The Labute approximate surface area is 196 Å². The Kier molecular flexibility index (Phi) is 8.03. The highest BCUT2D eigenvalue weighted by molar-refractivity contribution is 14.1. The van der Waals surface area contributed by atoms with E-state index in [0.29, 0.717) is 16.9 Å². The van der Waals surface area contributed by atoms with Crippen LogP contribution in [0.5, 0.6) is 5.75 Å². The fourth-order valence-corrected chi connectivity index (χ4v) is 3.13. The Bertz CT molecular complexity index is 1170. The maximum atomic E-state index is 13.1. The molecule has 0 heterocycles. The number of benzene rings is 3. The first-order valence-corrected chi connectivity index (χ1v) is 10.4. The number of esters is 1. The molecule has 0 aliphatic heterocycles. The molecule has 0 aliphatic carbocycles. The molecule has 2 amide bonds. The number of hydrogen-bond donors (Lipinski definition) is 2. The second kappa shape index (κ2) is 11.1. The van der Waals surface area contributed by atoms with Gasteiger partial charge in [-0.05, 0) is 82.8 Å². The van der Waals surface area contributed by atoms with Crippen LogP contribution in [0.15, 0.2) is 77.9 Å². The molecule has 2 N–H and O–H groups in total. The zero-order valence-electron chi connectivity index (χ0n) is 16.5. The van der Waals surface area contributed by atoms with E-state index in [1.165, 1.54) is 24.4 Å². The number of nitrogens with zero attached hydrogens (tertiary/aromatic N) is 1. The number of amides is 2. The van der Waals surface area contributed by atoms with E-state index in [0.717, 1.165) is 9.64 Å². The first kappa shape index (κ1) is 23.1. The summed E-state index contributed by atoms with van der Waals surface area (Å²) in [7, 11) is 0. The van der Waals surface area contributed by atoms with Gasteiger partial charge in [0.2, 0.25) is 0 Å².